The number of aliphatic imine (C=N–C) groups is 1. The van der Waals surface area contributed by atoms with Crippen LogP contribution in [0.4, 0.5) is 0 Å². The van der Waals surface area contributed by atoms with E-state index in [0.717, 1.165) is 83.6 Å². The number of piperazine rings is 1. The highest BCUT2D eigenvalue weighted by Gasteiger charge is 2.20. The summed E-state index contributed by atoms with van der Waals surface area (Å²) in [5.74, 6) is 2.58. The molecule has 0 amide bonds. The Morgan fingerprint density at radius 1 is 1.09 bits per heavy atom. The maximum Gasteiger partial charge on any atom is 0.194 e. The van der Waals surface area contributed by atoms with E-state index in [1.807, 2.05) is 12.1 Å². The van der Waals surface area contributed by atoms with E-state index in [0.29, 0.717) is 5.92 Å². The average Bonchev–Trinajstić information content (AvgIpc) is 3.52. The number of halogens is 1. The molecule has 1 aromatic carbocycles. The van der Waals surface area contributed by atoms with Gasteiger partial charge in [-0.05, 0) is 24.1 Å². The zero-order valence-corrected chi connectivity index (χ0v) is 21.0. The number of furan rings is 1. The summed E-state index contributed by atoms with van der Waals surface area (Å²) in [5.41, 5.74) is 1.26. The molecule has 2 saturated heterocycles. The number of rotatable bonds is 8. The molecule has 0 saturated carbocycles. The minimum atomic E-state index is 0. The van der Waals surface area contributed by atoms with Crippen LogP contribution in [0, 0.1) is 5.92 Å². The van der Waals surface area contributed by atoms with Crippen molar-refractivity contribution in [1.29, 1.82) is 0 Å². The van der Waals surface area contributed by atoms with Crippen molar-refractivity contribution in [3.63, 3.8) is 0 Å². The number of nitrogens with one attached hydrogen (secondary N) is 1. The molecule has 32 heavy (non-hydrogen) atoms. The Kier molecular flexibility index (Phi) is 10.6. The van der Waals surface area contributed by atoms with Crippen LogP contribution < -0.4 is 5.32 Å². The molecule has 0 spiro atoms. The van der Waals surface area contributed by atoms with Gasteiger partial charge in [-0.1, -0.05) is 42.5 Å². The van der Waals surface area contributed by atoms with Gasteiger partial charge in [-0.3, -0.25) is 9.89 Å². The predicted molar refractivity (Wildman–Crippen MR) is 141 cm³/mol. The normalized spacial score (nSPS) is 19.9. The van der Waals surface area contributed by atoms with Crippen molar-refractivity contribution in [2.45, 2.75) is 12.8 Å². The largest absolute Gasteiger partial charge is 0.469 e. The fourth-order valence-corrected chi connectivity index (χ4v) is 4.01. The molecule has 1 atom stereocenters. The first-order valence-electron chi connectivity index (χ1n) is 11.4. The Morgan fingerprint density at radius 2 is 1.94 bits per heavy atom. The number of hydrogen-bond acceptors (Lipinski definition) is 4. The maximum atomic E-state index is 5.52. The van der Waals surface area contributed by atoms with Crippen LogP contribution in [0.5, 0.6) is 0 Å². The lowest BCUT2D eigenvalue weighted by molar-refractivity contribution is 0.186. The lowest BCUT2D eigenvalue weighted by Crippen LogP contribution is -2.52. The topological polar surface area (TPSA) is 53.2 Å². The molecule has 1 N–H and O–H groups in total. The first-order chi connectivity index (χ1) is 15.4. The predicted octanol–water partition coefficient (Wildman–Crippen LogP) is 3.75. The molecule has 174 valence electrons. The molecule has 2 aliphatic heterocycles. The van der Waals surface area contributed by atoms with E-state index in [9.17, 15) is 0 Å². The quantitative estimate of drug-likeness (QED) is 0.309. The van der Waals surface area contributed by atoms with Gasteiger partial charge in [0.15, 0.2) is 5.96 Å². The molecule has 0 bridgehead atoms. The molecule has 2 fully saturated rings. The summed E-state index contributed by atoms with van der Waals surface area (Å²) in [5, 5.41) is 3.57. The monoisotopic (exact) mass is 550 g/mol. The van der Waals surface area contributed by atoms with Gasteiger partial charge in [-0.15, -0.1) is 24.0 Å². The van der Waals surface area contributed by atoms with Crippen molar-refractivity contribution < 1.29 is 9.15 Å². The molecule has 3 heterocycles. The molecule has 2 aromatic rings. The van der Waals surface area contributed by atoms with Gasteiger partial charge in [-0.25, -0.2) is 0 Å². The summed E-state index contributed by atoms with van der Waals surface area (Å²) in [6.07, 6.45) is 8.18. The second kappa shape index (κ2) is 13.6. The third-order valence-corrected chi connectivity index (χ3v) is 5.90. The fraction of sp³-hybridized carbons (Fsp3) is 0.480. The van der Waals surface area contributed by atoms with Gasteiger partial charge in [0.2, 0.25) is 0 Å². The Labute approximate surface area is 208 Å². The van der Waals surface area contributed by atoms with Crippen molar-refractivity contribution in [3.05, 3.63) is 66.1 Å². The standard InChI is InChI=1S/C25H34N4O2.HI/c1-2-6-22(7-3-1)8-4-13-28-14-16-29(17-15-28)25(27-20-23-11-19-30-21-23)26-12-10-24-9-5-18-31-24;/h1-9,18,23H,10-17,19-21H2,(H,26,27);1H/b8-4+;. The Morgan fingerprint density at radius 3 is 2.66 bits per heavy atom. The molecule has 1 aromatic heterocycles. The van der Waals surface area contributed by atoms with Crippen LogP contribution in [-0.4, -0.2) is 74.8 Å². The number of nitrogens with zero attached hydrogens (tertiary/aromatic N) is 3. The maximum absolute atomic E-state index is 5.52. The van der Waals surface area contributed by atoms with Gasteiger partial charge in [0, 0.05) is 64.8 Å². The van der Waals surface area contributed by atoms with E-state index in [4.69, 9.17) is 14.1 Å². The highest BCUT2D eigenvalue weighted by Crippen LogP contribution is 2.13. The van der Waals surface area contributed by atoms with Crippen LogP contribution in [0.1, 0.15) is 17.7 Å². The summed E-state index contributed by atoms with van der Waals surface area (Å²) in [7, 11) is 0. The third-order valence-electron chi connectivity index (χ3n) is 5.90. The van der Waals surface area contributed by atoms with Gasteiger partial charge in [0.25, 0.3) is 0 Å². The van der Waals surface area contributed by atoms with E-state index in [-0.39, 0.29) is 24.0 Å². The summed E-state index contributed by atoms with van der Waals surface area (Å²) in [6, 6.07) is 14.5. The zero-order valence-electron chi connectivity index (χ0n) is 18.7. The van der Waals surface area contributed by atoms with Gasteiger partial charge in [0.1, 0.15) is 5.76 Å². The second-order valence-corrected chi connectivity index (χ2v) is 8.25. The fourth-order valence-electron chi connectivity index (χ4n) is 4.01. The molecular weight excluding hydrogens is 515 g/mol. The van der Waals surface area contributed by atoms with E-state index in [1.54, 1.807) is 6.26 Å². The van der Waals surface area contributed by atoms with E-state index >= 15 is 0 Å². The van der Waals surface area contributed by atoms with Crippen molar-refractivity contribution in [3.8, 4) is 0 Å². The molecule has 1 unspecified atom stereocenters. The van der Waals surface area contributed by atoms with E-state index in [1.165, 1.54) is 5.56 Å². The van der Waals surface area contributed by atoms with Crippen LogP contribution in [0.2, 0.25) is 0 Å². The average molecular weight is 550 g/mol. The second-order valence-electron chi connectivity index (χ2n) is 8.25. The van der Waals surface area contributed by atoms with E-state index < -0.39 is 0 Å². The number of benzene rings is 1. The Bertz CT molecular complexity index is 812. The molecule has 2 aliphatic rings. The third kappa shape index (κ3) is 7.94. The van der Waals surface area contributed by atoms with Crippen LogP contribution in [-0.2, 0) is 11.2 Å². The Balaban J connectivity index is 0.00000289. The first-order valence-corrected chi connectivity index (χ1v) is 11.4. The van der Waals surface area contributed by atoms with Crippen molar-refractivity contribution in [2.75, 3.05) is 59.0 Å². The molecule has 4 rings (SSSR count). The van der Waals surface area contributed by atoms with Crippen molar-refractivity contribution >= 4 is 36.0 Å². The highest BCUT2D eigenvalue weighted by atomic mass is 127. The van der Waals surface area contributed by atoms with Crippen molar-refractivity contribution in [1.82, 2.24) is 15.1 Å². The molecule has 0 aliphatic carbocycles. The molecule has 6 nitrogen and oxygen atoms in total. The number of ether oxygens (including phenoxy) is 1. The summed E-state index contributed by atoms with van der Waals surface area (Å²) in [6.45, 7) is 8.44. The van der Waals surface area contributed by atoms with Crippen LogP contribution >= 0.6 is 24.0 Å². The van der Waals surface area contributed by atoms with Crippen LogP contribution in [0.3, 0.4) is 0 Å². The zero-order chi connectivity index (χ0) is 21.1. The molecular formula is C25H35IN4O2. The summed E-state index contributed by atoms with van der Waals surface area (Å²) < 4.78 is 11.0. The lowest BCUT2D eigenvalue weighted by atomic mass is 10.1. The van der Waals surface area contributed by atoms with Gasteiger partial charge in [0.05, 0.1) is 12.9 Å². The molecule has 7 heteroatoms. The Hall–Kier alpha value is -1.84. The number of hydrogen-bond donors (Lipinski definition) is 1. The minimum Gasteiger partial charge on any atom is -0.469 e. The van der Waals surface area contributed by atoms with E-state index in [2.05, 4.69) is 57.6 Å². The molecule has 0 radical (unpaired) electrons. The lowest BCUT2D eigenvalue weighted by Gasteiger charge is -2.36. The number of guanidine groups is 1. The minimum absolute atomic E-state index is 0. The van der Waals surface area contributed by atoms with Gasteiger partial charge >= 0.3 is 0 Å². The van der Waals surface area contributed by atoms with Crippen LogP contribution in [0.15, 0.2) is 64.2 Å². The van der Waals surface area contributed by atoms with Crippen molar-refractivity contribution in [2.24, 2.45) is 10.9 Å². The summed E-state index contributed by atoms with van der Waals surface area (Å²) >= 11 is 0. The highest BCUT2D eigenvalue weighted by molar-refractivity contribution is 14.0. The SMILES string of the molecule is C(=C\c1ccccc1)/CN1CCN(C(=NCC2CCOC2)NCCc2ccco2)CC1.I. The smallest absolute Gasteiger partial charge is 0.194 e. The van der Waals surface area contributed by atoms with Crippen LogP contribution in [0.25, 0.3) is 6.08 Å². The first kappa shape index (κ1) is 24.8. The summed E-state index contributed by atoms with van der Waals surface area (Å²) in [4.78, 5) is 9.86. The van der Waals surface area contributed by atoms with Gasteiger partial charge in [-0.2, -0.15) is 0 Å². The van der Waals surface area contributed by atoms with Gasteiger partial charge < -0.3 is 19.4 Å².